The van der Waals surface area contributed by atoms with Gasteiger partial charge < -0.3 is 28.9 Å². The fraction of sp³-hybridized carbons (Fsp3) is 0.727. The molecule has 15 nitrogen and oxygen atoms in total. The van der Waals surface area contributed by atoms with Gasteiger partial charge in [-0.1, -0.05) is 0 Å². The third-order valence-electron chi connectivity index (χ3n) is 5.63. The van der Waals surface area contributed by atoms with Crippen molar-refractivity contribution >= 4 is 19.6 Å². The standard InChI is InChI=1S/C22H34F3N4O11P/c1-9(2)38-18(33)11(5)27-41(36,28-12(6)19(34)39-10(3)4)37-8-22(20(24)25)15(31)14(30)17(40-22)29-7-13(23)16(32)26-21(29)35/h7,9-12,14-15,17,20,30-31H,8H2,1-6H3,(H,26,32,35)(H2,27,28,36)/t11-,12-,14+,15-,17+,22+/m0/s1. The van der Waals surface area contributed by atoms with Crippen LogP contribution in [0.25, 0.3) is 0 Å². The Morgan fingerprint density at radius 2 is 1.56 bits per heavy atom. The first kappa shape index (κ1) is 34.6. The lowest BCUT2D eigenvalue weighted by Gasteiger charge is -2.33. The van der Waals surface area contributed by atoms with Crippen LogP contribution in [0.4, 0.5) is 13.2 Å². The molecule has 2 heterocycles. The van der Waals surface area contributed by atoms with Gasteiger partial charge in [-0.3, -0.25) is 28.5 Å². The number of aromatic nitrogens is 2. The summed E-state index contributed by atoms with van der Waals surface area (Å²) < 4.78 is 77.1. The lowest BCUT2D eigenvalue weighted by Crippen LogP contribution is -2.53. The van der Waals surface area contributed by atoms with Gasteiger partial charge in [0.25, 0.3) is 12.0 Å². The van der Waals surface area contributed by atoms with E-state index in [4.69, 9.17) is 18.7 Å². The van der Waals surface area contributed by atoms with E-state index in [2.05, 4.69) is 10.2 Å². The van der Waals surface area contributed by atoms with Gasteiger partial charge >= 0.3 is 25.3 Å². The minimum atomic E-state index is -4.71. The average Bonchev–Trinajstić information content (AvgIpc) is 3.10. The van der Waals surface area contributed by atoms with E-state index < -0.39 is 98.0 Å². The fourth-order valence-electron chi connectivity index (χ4n) is 3.63. The van der Waals surface area contributed by atoms with Gasteiger partial charge in [-0.25, -0.2) is 23.7 Å². The van der Waals surface area contributed by atoms with Gasteiger partial charge in [0.05, 0.1) is 25.0 Å². The molecule has 5 N–H and O–H groups in total. The third-order valence-corrected chi connectivity index (χ3v) is 7.58. The number of ether oxygens (including phenoxy) is 3. The van der Waals surface area contributed by atoms with E-state index in [1.165, 1.54) is 41.5 Å². The minimum Gasteiger partial charge on any atom is -0.462 e. The number of halogens is 3. The molecule has 0 aromatic carbocycles. The van der Waals surface area contributed by atoms with Crippen molar-refractivity contribution in [3.05, 3.63) is 32.9 Å². The van der Waals surface area contributed by atoms with Crippen LogP contribution in [0, 0.1) is 5.82 Å². The van der Waals surface area contributed by atoms with Crippen LogP contribution in [-0.4, -0.2) is 86.8 Å². The van der Waals surface area contributed by atoms with Crippen LogP contribution in [0.2, 0.25) is 0 Å². The topological polar surface area (TPSA) is 208 Å². The molecule has 0 bridgehead atoms. The molecule has 2 rings (SSSR count). The zero-order valence-corrected chi connectivity index (χ0v) is 23.9. The number of hydrogen-bond acceptors (Lipinski definition) is 11. The molecule has 41 heavy (non-hydrogen) atoms. The first-order chi connectivity index (χ1) is 18.8. The molecule has 1 aromatic rings. The lowest BCUT2D eigenvalue weighted by atomic mass is 9.96. The summed E-state index contributed by atoms with van der Waals surface area (Å²) in [5, 5.41) is 25.5. The molecule has 6 atom stereocenters. The van der Waals surface area contributed by atoms with Crippen LogP contribution in [0.1, 0.15) is 47.8 Å². The Bertz CT molecular complexity index is 1230. The monoisotopic (exact) mass is 618 g/mol. The van der Waals surface area contributed by atoms with E-state index in [9.17, 15) is 47.1 Å². The molecule has 0 aliphatic carbocycles. The number of carbonyl (C=O) groups is 2. The largest absolute Gasteiger partial charge is 0.462 e. The van der Waals surface area contributed by atoms with E-state index in [-0.39, 0.29) is 10.8 Å². The molecule has 234 valence electrons. The maximum Gasteiger partial charge on any atom is 0.342 e. The van der Waals surface area contributed by atoms with Crippen LogP contribution in [0.5, 0.6) is 0 Å². The highest BCUT2D eigenvalue weighted by atomic mass is 31.2. The summed E-state index contributed by atoms with van der Waals surface area (Å²) in [4.78, 5) is 49.7. The molecule has 1 aromatic heterocycles. The van der Waals surface area contributed by atoms with Crippen LogP contribution in [-0.2, 0) is 32.9 Å². The summed E-state index contributed by atoms with van der Waals surface area (Å²) in [7, 11) is -4.71. The number of H-pyrrole nitrogens is 1. The SMILES string of the molecule is CC(C)OC(=O)[C@H](C)NP(=O)(N[C@@H](C)C(=O)OC(C)C)OC[C@@]1(C(F)F)O[C@@H](n2cc(F)c(=O)[nH]c2=O)[C@H](O)[C@@H]1O. The number of nitrogens with one attached hydrogen (secondary N) is 3. The third kappa shape index (κ3) is 8.24. The summed E-state index contributed by atoms with van der Waals surface area (Å²) in [6.45, 7) is 7.10. The molecule has 19 heteroatoms. The summed E-state index contributed by atoms with van der Waals surface area (Å²) >= 11 is 0. The van der Waals surface area contributed by atoms with Crippen LogP contribution >= 0.6 is 7.67 Å². The Labute approximate surface area is 231 Å². The van der Waals surface area contributed by atoms with Gasteiger partial charge in [0.1, 0.15) is 24.3 Å². The summed E-state index contributed by atoms with van der Waals surface area (Å²) in [5.74, 6) is -3.36. The van der Waals surface area contributed by atoms with Crippen LogP contribution < -0.4 is 21.4 Å². The average molecular weight is 618 g/mol. The number of hydrogen-bond donors (Lipinski definition) is 5. The normalized spacial score (nSPS) is 24.6. The number of rotatable bonds is 13. The predicted octanol–water partition coefficient (Wildman–Crippen LogP) is -0.0857. The Balaban J connectivity index is 2.42. The van der Waals surface area contributed by atoms with Crippen molar-refractivity contribution in [2.75, 3.05) is 6.61 Å². The second-order valence-electron chi connectivity index (χ2n) is 9.84. The highest BCUT2D eigenvalue weighted by molar-refractivity contribution is 7.54. The van der Waals surface area contributed by atoms with E-state index in [0.717, 1.165) is 0 Å². The Hall–Kier alpha value is -2.60. The molecule has 1 aliphatic heterocycles. The number of carbonyl (C=O) groups excluding carboxylic acids is 2. The quantitative estimate of drug-likeness (QED) is 0.145. The van der Waals surface area contributed by atoms with Gasteiger partial charge in [0, 0.05) is 0 Å². The predicted molar refractivity (Wildman–Crippen MR) is 133 cm³/mol. The minimum absolute atomic E-state index is 0.235. The van der Waals surface area contributed by atoms with Crippen molar-refractivity contribution in [1.82, 2.24) is 19.7 Å². The van der Waals surface area contributed by atoms with Crippen molar-refractivity contribution in [2.45, 2.75) is 96.3 Å². The zero-order valence-electron chi connectivity index (χ0n) is 23.0. The molecule has 0 radical (unpaired) electrons. The van der Waals surface area contributed by atoms with Crippen molar-refractivity contribution in [3.8, 4) is 0 Å². The molecule has 0 amide bonds. The van der Waals surface area contributed by atoms with Gasteiger partial charge in [0.15, 0.2) is 11.8 Å². The van der Waals surface area contributed by atoms with Crippen molar-refractivity contribution in [3.63, 3.8) is 0 Å². The molecule has 1 saturated heterocycles. The molecule has 0 unspecified atom stereocenters. The Morgan fingerprint density at radius 1 is 1.07 bits per heavy atom. The Morgan fingerprint density at radius 3 is 2.00 bits per heavy atom. The van der Waals surface area contributed by atoms with Crippen LogP contribution in [0.3, 0.4) is 0 Å². The molecule has 0 spiro atoms. The number of aromatic amines is 1. The Kier molecular flexibility index (Phi) is 11.5. The van der Waals surface area contributed by atoms with Gasteiger partial charge in [0.2, 0.25) is 5.82 Å². The number of aliphatic hydroxyl groups is 2. The number of alkyl halides is 2. The molecule has 1 fully saturated rings. The van der Waals surface area contributed by atoms with E-state index >= 15 is 0 Å². The molecular formula is C22H34F3N4O11P. The maximum absolute atomic E-state index is 14.4. The first-order valence-electron chi connectivity index (χ1n) is 12.4. The highest BCUT2D eigenvalue weighted by Gasteiger charge is 2.61. The first-order valence-corrected chi connectivity index (χ1v) is 14.0. The number of aliphatic hydroxyl groups excluding tert-OH is 2. The summed E-state index contributed by atoms with van der Waals surface area (Å²) in [5.41, 5.74) is -5.97. The van der Waals surface area contributed by atoms with Gasteiger partial charge in [-0.05, 0) is 41.5 Å². The fourth-order valence-corrected chi connectivity index (χ4v) is 5.47. The second-order valence-corrected chi connectivity index (χ2v) is 11.7. The summed E-state index contributed by atoms with van der Waals surface area (Å²) in [6.07, 6.45) is -11.5. The van der Waals surface area contributed by atoms with Gasteiger partial charge in [-0.15, -0.1) is 0 Å². The maximum atomic E-state index is 14.4. The van der Waals surface area contributed by atoms with Crippen molar-refractivity contribution in [2.24, 2.45) is 0 Å². The van der Waals surface area contributed by atoms with Crippen LogP contribution in [0.15, 0.2) is 15.8 Å². The molecule has 1 aliphatic rings. The van der Waals surface area contributed by atoms with E-state index in [0.29, 0.717) is 0 Å². The molecular weight excluding hydrogens is 584 g/mol. The van der Waals surface area contributed by atoms with E-state index in [1.54, 1.807) is 4.98 Å². The van der Waals surface area contributed by atoms with Crippen molar-refractivity contribution in [1.29, 1.82) is 0 Å². The lowest BCUT2D eigenvalue weighted by molar-refractivity contribution is -0.192. The number of nitrogens with zero attached hydrogens (tertiary/aromatic N) is 1. The molecule has 0 saturated carbocycles. The van der Waals surface area contributed by atoms with E-state index in [1.807, 2.05) is 0 Å². The van der Waals surface area contributed by atoms with Gasteiger partial charge in [-0.2, -0.15) is 4.39 Å². The number of esters is 2. The summed E-state index contributed by atoms with van der Waals surface area (Å²) in [6, 6.07) is -2.77. The highest BCUT2D eigenvalue weighted by Crippen LogP contribution is 2.46. The van der Waals surface area contributed by atoms with Crippen molar-refractivity contribution < 1.29 is 56.3 Å². The smallest absolute Gasteiger partial charge is 0.342 e. The zero-order chi connectivity index (χ0) is 31.4. The second kappa shape index (κ2) is 13.6.